The molecule has 0 aliphatic rings. The van der Waals surface area contributed by atoms with Gasteiger partial charge in [-0.05, 0) is 18.6 Å². The highest BCUT2D eigenvalue weighted by Gasteiger charge is 2.11. The Labute approximate surface area is 159 Å². The number of benzene rings is 1. The summed E-state index contributed by atoms with van der Waals surface area (Å²) >= 11 is 1.73. The molecule has 0 aliphatic heterocycles. The molecule has 0 saturated carbocycles. The standard InChI is InChI=1S/C19H28N4O2S/c1-6-18-22-15(13-26-18)9-10-21-19(20-2)23(3)12-14-7-8-16(24-4)11-17(14)25-5/h7-8,11,13H,6,9-10,12H2,1-5H3,(H,20,21). The summed E-state index contributed by atoms with van der Waals surface area (Å²) in [6, 6.07) is 5.85. The Balaban J connectivity index is 1.92. The minimum Gasteiger partial charge on any atom is -0.497 e. The maximum atomic E-state index is 5.48. The van der Waals surface area contributed by atoms with Crippen LogP contribution < -0.4 is 14.8 Å². The number of thiazole rings is 1. The fraction of sp³-hybridized carbons (Fsp3) is 0.474. The molecule has 1 aromatic heterocycles. The number of rotatable bonds is 8. The summed E-state index contributed by atoms with van der Waals surface area (Å²) in [4.78, 5) is 11.0. The predicted octanol–water partition coefficient (Wildman–Crippen LogP) is 2.97. The molecule has 0 atom stereocenters. The lowest BCUT2D eigenvalue weighted by atomic mass is 10.2. The van der Waals surface area contributed by atoms with Crippen LogP contribution in [0.1, 0.15) is 23.2 Å². The number of hydrogen-bond acceptors (Lipinski definition) is 5. The minimum absolute atomic E-state index is 0.684. The topological polar surface area (TPSA) is 59.0 Å². The molecule has 0 spiro atoms. The Kier molecular flexibility index (Phi) is 7.72. The van der Waals surface area contributed by atoms with E-state index in [1.54, 1.807) is 32.6 Å². The third kappa shape index (κ3) is 5.36. The minimum atomic E-state index is 0.684. The quantitative estimate of drug-likeness (QED) is 0.567. The van der Waals surface area contributed by atoms with Gasteiger partial charge in [-0.25, -0.2) is 4.98 Å². The Morgan fingerprint density at radius 1 is 1.31 bits per heavy atom. The molecule has 0 saturated heterocycles. The molecule has 6 nitrogen and oxygen atoms in total. The van der Waals surface area contributed by atoms with E-state index in [0.29, 0.717) is 6.54 Å². The van der Waals surface area contributed by atoms with Crippen molar-refractivity contribution in [2.75, 3.05) is 34.9 Å². The second-order valence-corrected chi connectivity index (χ2v) is 6.79. The van der Waals surface area contributed by atoms with E-state index >= 15 is 0 Å². The number of aliphatic imine (C=N–C) groups is 1. The summed E-state index contributed by atoms with van der Waals surface area (Å²) < 4.78 is 10.7. The van der Waals surface area contributed by atoms with E-state index in [-0.39, 0.29) is 0 Å². The lowest BCUT2D eigenvalue weighted by molar-refractivity contribution is 0.382. The van der Waals surface area contributed by atoms with Gasteiger partial charge >= 0.3 is 0 Å². The van der Waals surface area contributed by atoms with E-state index in [1.807, 2.05) is 25.2 Å². The molecule has 142 valence electrons. The molecule has 1 aromatic carbocycles. The number of guanidine groups is 1. The first-order chi connectivity index (χ1) is 12.6. The maximum Gasteiger partial charge on any atom is 0.193 e. The van der Waals surface area contributed by atoms with Crippen LogP contribution in [0.5, 0.6) is 11.5 Å². The summed E-state index contributed by atoms with van der Waals surface area (Å²) in [6.45, 7) is 3.61. The van der Waals surface area contributed by atoms with Gasteiger partial charge in [0.25, 0.3) is 0 Å². The average Bonchev–Trinajstić information content (AvgIpc) is 3.13. The molecule has 1 heterocycles. The zero-order valence-electron chi connectivity index (χ0n) is 16.2. The number of hydrogen-bond donors (Lipinski definition) is 1. The molecule has 0 bridgehead atoms. The molecule has 0 aliphatic carbocycles. The van der Waals surface area contributed by atoms with Gasteiger partial charge in [-0.15, -0.1) is 11.3 Å². The molecular weight excluding hydrogens is 348 g/mol. The van der Waals surface area contributed by atoms with Gasteiger partial charge in [0.15, 0.2) is 5.96 Å². The first-order valence-electron chi connectivity index (χ1n) is 8.67. The molecule has 0 fully saturated rings. The molecule has 0 unspecified atom stereocenters. The lowest BCUT2D eigenvalue weighted by Crippen LogP contribution is -2.39. The van der Waals surface area contributed by atoms with Gasteiger partial charge in [0.05, 0.1) is 24.9 Å². The van der Waals surface area contributed by atoms with Crippen molar-refractivity contribution in [3.05, 3.63) is 39.8 Å². The summed E-state index contributed by atoms with van der Waals surface area (Å²) in [5, 5.41) is 6.72. The van der Waals surface area contributed by atoms with Crippen molar-refractivity contribution < 1.29 is 9.47 Å². The van der Waals surface area contributed by atoms with Gasteiger partial charge in [-0.1, -0.05) is 6.92 Å². The Hall–Kier alpha value is -2.28. The molecule has 0 amide bonds. The number of aryl methyl sites for hydroxylation is 1. The second-order valence-electron chi connectivity index (χ2n) is 5.84. The Bertz CT molecular complexity index is 730. The van der Waals surface area contributed by atoms with Crippen molar-refractivity contribution in [2.24, 2.45) is 4.99 Å². The normalized spacial score (nSPS) is 11.3. The van der Waals surface area contributed by atoms with E-state index in [1.165, 1.54) is 5.01 Å². The van der Waals surface area contributed by atoms with Crippen molar-refractivity contribution in [1.82, 2.24) is 15.2 Å². The van der Waals surface area contributed by atoms with Gasteiger partial charge in [-0.2, -0.15) is 0 Å². The summed E-state index contributed by atoms with van der Waals surface area (Å²) in [5.41, 5.74) is 2.21. The molecule has 7 heteroatoms. The molecule has 1 N–H and O–H groups in total. The van der Waals surface area contributed by atoms with Crippen LogP contribution in [0.4, 0.5) is 0 Å². The van der Waals surface area contributed by atoms with Crippen LogP contribution in [-0.4, -0.2) is 50.7 Å². The fourth-order valence-corrected chi connectivity index (χ4v) is 3.41. The summed E-state index contributed by atoms with van der Waals surface area (Å²) in [5.74, 6) is 2.43. The van der Waals surface area contributed by atoms with E-state index < -0.39 is 0 Å². The predicted molar refractivity (Wildman–Crippen MR) is 108 cm³/mol. The van der Waals surface area contributed by atoms with Gasteiger partial charge in [0, 0.05) is 50.6 Å². The van der Waals surface area contributed by atoms with Crippen molar-refractivity contribution in [3.63, 3.8) is 0 Å². The van der Waals surface area contributed by atoms with Crippen molar-refractivity contribution in [3.8, 4) is 11.5 Å². The van der Waals surface area contributed by atoms with Crippen molar-refractivity contribution in [2.45, 2.75) is 26.3 Å². The van der Waals surface area contributed by atoms with E-state index in [2.05, 4.69) is 32.5 Å². The van der Waals surface area contributed by atoms with Gasteiger partial charge < -0.3 is 19.7 Å². The molecule has 2 rings (SSSR count). The van der Waals surface area contributed by atoms with Crippen LogP contribution in [0.3, 0.4) is 0 Å². The number of nitrogens with zero attached hydrogens (tertiary/aromatic N) is 3. The van der Waals surface area contributed by atoms with E-state index in [9.17, 15) is 0 Å². The lowest BCUT2D eigenvalue weighted by Gasteiger charge is -2.23. The molecule has 0 radical (unpaired) electrons. The van der Waals surface area contributed by atoms with Gasteiger partial charge in [0.1, 0.15) is 11.5 Å². The summed E-state index contributed by atoms with van der Waals surface area (Å²) in [7, 11) is 7.13. The maximum absolute atomic E-state index is 5.48. The highest BCUT2D eigenvalue weighted by molar-refractivity contribution is 7.09. The van der Waals surface area contributed by atoms with E-state index in [0.717, 1.165) is 48.1 Å². The Morgan fingerprint density at radius 2 is 2.12 bits per heavy atom. The first-order valence-corrected chi connectivity index (χ1v) is 9.55. The number of methoxy groups -OCH3 is 2. The third-order valence-electron chi connectivity index (χ3n) is 4.04. The number of ether oxygens (including phenoxy) is 2. The van der Waals surface area contributed by atoms with Crippen LogP contribution in [0.25, 0.3) is 0 Å². The highest BCUT2D eigenvalue weighted by Crippen LogP contribution is 2.25. The monoisotopic (exact) mass is 376 g/mol. The third-order valence-corrected chi connectivity index (χ3v) is 5.08. The summed E-state index contributed by atoms with van der Waals surface area (Å²) in [6.07, 6.45) is 1.88. The van der Waals surface area contributed by atoms with Crippen LogP contribution in [0.2, 0.25) is 0 Å². The van der Waals surface area contributed by atoms with Crippen molar-refractivity contribution >= 4 is 17.3 Å². The van der Waals surface area contributed by atoms with Crippen LogP contribution in [0, 0.1) is 0 Å². The first kappa shape index (κ1) is 20.0. The number of aromatic nitrogens is 1. The Morgan fingerprint density at radius 3 is 2.73 bits per heavy atom. The fourth-order valence-electron chi connectivity index (χ4n) is 2.63. The highest BCUT2D eigenvalue weighted by atomic mass is 32.1. The largest absolute Gasteiger partial charge is 0.497 e. The molecule has 2 aromatic rings. The number of nitrogens with one attached hydrogen (secondary N) is 1. The van der Waals surface area contributed by atoms with E-state index in [4.69, 9.17) is 9.47 Å². The SMILES string of the molecule is CCc1nc(CCNC(=NC)N(C)Cc2ccc(OC)cc2OC)cs1. The van der Waals surface area contributed by atoms with Gasteiger partial charge in [-0.3, -0.25) is 4.99 Å². The van der Waals surface area contributed by atoms with Gasteiger partial charge in [0.2, 0.25) is 0 Å². The van der Waals surface area contributed by atoms with Crippen LogP contribution in [0.15, 0.2) is 28.6 Å². The zero-order chi connectivity index (χ0) is 18.9. The smallest absolute Gasteiger partial charge is 0.193 e. The molecular formula is C19H28N4O2S. The zero-order valence-corrected chi connectivity index (χ0v) is 17.0. The van der Waals surface area contributed by atoms with Crippen LogP contribution >= 0.6 is 11.3 Å². The molecule has 26 heavy (non-hydrogen) atoms. The average molecular weight is 377 g/mol. The van der Waals surface area contributed by atoms with Crippen LogP contribution in [-0.2, 0) is 19.4 Å². The second kappa shape index (κ2) is 10.0. The van der Waals surface area contributed by atoms with Crippen molar-refractivity contribution in [1.29, 1.82) is 0 Å².